The van der Waals surface area contributed by atoms with Crippen molar-refractivity contribution in [1.29, 1.82) is 0 Å². The molecule has 1 N–H and O–H groups in total. The lowest BCUT2D eigenvalue weighted by Crippen LogP contribution is -2.37. The molecule has 0 saturated heterocycles. The molecule has 0 unspecified atom stereocenters. The third-order valence-electron chi connectivity index (χ3n) is 3.26. The van der Waals surface area contributed by atoms with Crippen molar-refractivity contribution in [3.05, 3.63) is 29.8 Å². The fourth-order valence-electron chi connectivity index (χ4n) is 1.16. The number of nitrogens with one attached hydrogen (secondary N) is 1. The van der Waals surface area contributed by atoms with E-state index in [1.54, 1.807) is 0 Å². The molecule has 0 spiro atoms. The Kier molecular flexibility index (Phi) is 4.21. The topological polar surface area (TPSA) is 42.0 Å². The van der Waals surface area contributed by atoms with Crippen LogP contribution < -0.4 is 5.32 Å². The molecule has 4 heteroatoms. The van der Waals surface area contributed by atoms with Gasteiger partial charge in [0.2, 0.25) is 5.95 Å². The lowest BCUT2D eigenvalue weighted by atomic mass is 9.81. The summed E-state index contributed by atoms with van der Waals surface area (Å²) >= 11 is 0. The first-order chi connectivity index (χ1) is 7.83. The standard InChI is InChI=1S/C13H19FN2O/c1-9(2)13(3,4)8-16-12(17)10-5-6-15-11(14)7-10/h5-7,9H,8H2,1-4H3,(H,16,17). The van der Waals surface area contributed by atoms with Crippen LogP contribution in [0.5, 0.6) is 0 Å². The molecular formula is C13H19FN2O. The quantitative estimate of drug-likeness (QED) is 0.819. The summed E-state index contributed by atoms with van der Waals surface area (Å²) in [6, 6.07) is 2.64. The van der Waals surface area contributed by atoms with Crippen LogP contribution in [-0.4, -0.2) is 17.4 Å². The number of hydrogen-bond acceptors (Lipinski definition) is 2. The molecule has 1 aromatic rings. The van der Waals surface area contributed by atoms with Crippen LogP contribution >= 0.6 is 0 Å². The number of carbonyl (C=O) groups excluding carboxylic acids is 1. The van der Waals surface area contributed by atoms with Crippen molar-refractivity contribution in [2.75, 3.05) is 6.54 Å². The van der Waals surface area contributed by atoms with Crippen LogP contribution in [-0.2, 0) is 0 Å². The Bertz CT molecular complexity index is 402. The average Bonchev–Trinajstić information content (AvgIpc) is 2.25. The van der Waals surface area contributed by atoms with Crippen LogP contribution in [0.3, 0.4) is 0 Å². The number of pyridine rings is 1. The number of aromatic nitrogens is 1. The highest BCUT2D eigenvalue weighted by atomic mass is 19.1. The summed E-state index contributed by atoms with van der Waals surface area (Å²) in [5, 5.41) is 2.81. The number of amides is 1. The van der Waals surface area contributed by atoms with Gasteiger partial charge < -0.3 is 5.32 Å². The highest BCUT2D eigenvalue weighted by Crippen LogP contribution is 2.24. The van der Waals surface area contributed by atoms with E-state index < -0.39 is 5.95 Å². The maximum Gasteiger partial charge on any atom is 0.251 e. The van der Waals surface area contributed by atoms with E-state index in [-0.39, 0.29) is 11.3 Å². The zero-order valence-electron chi connectivity index (χ0n) is 10.7. The second-order valence-corrected chi connectivity index (χ2v) is 5.19. The van der Waals surface area contributed by atoms with Crippen LogP contribution in [0.2, 0.25) is 0 Å². The fourth-order valence-corrected chi connectivity index (χ4v) is 1.16. The normalized spacial score (nSPS) is 11.6. The van der Waals surface area contributed by atoms with Gasteiger partial charge in [-0.2, -0.15) is 4.39 Å². The van der Waals surface area contributed by atoms with E-state index in [2.05, 4.69) is 38.0 Å². The van der Waals surface area contributed by atoms with Crippen LogP contribution in [0.25, 0.3) is 0 Å². The second-order valence-electron chi connectivity index (χ2n) is 5.19. The number of halogens is 1. The van der Waals surface area contributed by atoms with Crippen molar-refractivity contribution in [1.82, 2.24) is 10.3 Å². The van der Waals surface area contributed by atoms with Crippen molar-refractivity contribution in [3.8, 4) is 0 Å². The van der Waals surface area contributed by atoms with E-state index in [0.717, 1.165) is 6.07 Å². The van der Waals surface area contributed by atoms with E-state index >= 15 is 0 Å². The van der Waals surface area contributed by atoms with E-state index in [9.17, 15) is 9.18 Å². The van der Waals surface area contributed by atoms with E-state index in [1.165, 1.54) is 12.3 Å². The van der Waals surface area contributed by atoms with Gasteiger partial charge in [0.15, 0.2) is 0 Å². The maximum absolute atomic E-state index is 12.8. The van der Waals surface area contributed by atoms with Crippen LogP contribution in [0.1, 0.15) is 38.1 Å². The summed E-state index contributed by atoms with van der Waals surface area (Å²) in [7, 11) is 0. The Morgan fingerprint density at radius 2 is 2.18 bits per heavy atom. The summed E-state index contributed by atoms with van der Waals surface area (Å²) in [5.74, 6) is -0.447. The largest absolute Gasteiger partial charge is 0.351 e. The lowest BCUT2D eigenvalue weighted by Gasteiger charge is -2.29. The van der Waals surface area contributed by atoms with Crippen LogP contribution in [0.15, 0.2) is 18.3 Å². The van der Waals surface area contributed by atoms with E-state index in [0.29, 0.717) is 18.0 Å². The SMILES string of the molecule is CC(C)C(C)(C)CNC(=O)c1ccnc(F)c1. The van der Waals surface area contributed by atoms with Gasteiger partial charge in [0.1, 0.15) is 0 Å². The van der Waals surface area contributed by atoms with Crippen molar-refractivity contribution >= 4 is 5.91 Å². The van der Waals surface area contributed by atoms with Gasteiger partial charge >= 0.3 is 0 Å². The maximum atomic E-state index is 12.8. The Morgan fingerprint density at radius 1 is 1.53 bits per heavy atom. The minimum Gasteiger partial charge on any atom is -0.351 e. The number of nitrogens with zero attached hydrogens (tertiary/aromatic N) is 1. The Hall–Kier alpha value is -1.45. The molecule has 0 saturated carbocycles. The smallest absolute Gasteiger partial charge is 0.251 e. The summed E-state index contributed by atoms with van der Waals surface area (Å²) in [4.78, 5) is 15.2. The molecular weight excluding hydrogens is 219 g/mol. The van der Waals surface area contributed by atoms with Gasteiger partial charge in [-0.15, -0.1) is 0 Å². The molecule has 0 aliphatic rings. The summed E-state index contributed by atoms with van der Waals surface area (Å²) in [5.41, 5.74) is 0.318. The van der Waals surface area contributed by atoms with Gasteiger partial charge in [0, 0.05) is 24.4 Å². The third-order valence-corrected chi connectivity index (χ3v) is 3.26. The summed E-state index contributed by atoms with van der Waals surface area (Å²) < 4.78 is 12.8. The van der Waals surface area contributed by atoms with Crippen molar-refractivity contribution < 1.29 is 9.18 Å². The predicted octanol–water partition coefficient (Wildman–Crippen LogP) is 2.63. The molecule has 0 bridgehead atoms. The predicted molar refractivity (Wildman–Crippen MR) is 65.1 cm³/mol. The van der Waals surface area contributed by atoms with Gasteiger partial charge in [-0.25, -0.2) is 4.98 Å². The van der Waals surface area contributed by atoms with E-state index in [1.807, 2.05) is 0 Å². The highest BCUT2D eigenvalue weighted by molar-refractivity contribution is 5.94. The van der Waals surface area contributed by atoms with Crippen LogP contribution in [0.4, 0.5) is 4.39 Å². The molecule has 1 aromatic heterocycles. The number of rotatable bonds is 4. The molecule has 0 fully saturated rings. The first-order valence-corrected chi connectivity index (χ1v) is 5.72. The minimum atomic E-state index is -0.638. The average molecular weight is 238 g/mol. The zero-order valence-corrected chi connectivity index (χ0v) is 10.7. The monoisotopic (exact) mass is 238 g/mol. The highest BCUT2D eigenvalue weighted by Gasteiger charge is 2.23. The number of carbonyl (C=O) groups is 1. The molecule has 94 valence electrons. The lowest BCUT2D eigenvalue weighted by molar-refractivity contribution is 0.0924. The van der Waals surface area contributed by atoms with Crippen molar-refractivity contribution in [2.24, 2.45) is 11.3 Å². The molecule has 3 nitrogen and oxygen atoms in total. The van der Waals surface area contributed by atoms with Gasteiger partial charge in [-0.1, -0.05) is 27.7 Å². The number of hydrogen-bond donors (Lipinski definition) is 1. The van der Waals surface area contributed by atoms with Crippen LogP contribution in [0, 0.1) is 17.3 Å². The van der Waals surface area contributed by atoms with Crippen molar-refractivity contribution in [2.45, 2.75) is 27.7 Å². The molecule has 17 heavy (non-hydrogen) atoms. The minimum absolute atomic E-state index is 0.0151. The Balaban J connectivity index is 2.62. The van der Waals surface area contributed by atoms with Gasteiger partial charge in [-0.3, -0.25) is 4.79 Å². The molecule has 1 amide bonds. The van der Waals surface area contributed by atoms with Crippen molar-refractivity contribution in [3.63, 3.8) is 0 Å². The molecule has 0 radical (unpaired) electrons. The molecule has 0 aliphatic heterocycles. The molecule has 0 aromatic carbocycles. The van der Waals surface area contributed by atoms with Gasteiger partial charge in [-0.05, 0) is 17.4 Å². The molecule has 0 aliphatic carbocycles. The summed E-state index contributed by atoms with van der Waals surface area (Å²) in [6.07, 6.45) is 1.29. The fraction of sp³-hybridized carbons (Fsp3) is 0.538. The molecule has 1 rings (SSSR count). The Morgan fingerprint density at radius 3 is 2.71 bits per heavy atom. The molecule has 0 atom stereocenters. The summed E-state index contributed by atoms with van der Waals surface area (Å²) in [6.45, 7) is 8.96. The second kappa shape index (κ2) is 5.25. The third kappa shape index (κ3) is 3.80. The first kappa shape index (κ1) is 13.6. The molecule has 1 heterocycles. The zero-order chi connectivity index (χ0) is 13.1. The van der Waals surface area contributed by atoms with E-state index in [4.69, 9.17) is 0 Å². The Labute approximate surface area is 101 Å². The van der Waals surface area contributed by atoms with Gasteiger partial charge in [0.05, 0.1) is 0 Å². The first-order valence-electron chi connectivity index (χ1n) is 5.72. The van der Waals surface area contributed by atoms with Gasteiger partial charge in [0.25, 0.3) is 5.91 Å².